The van der Waals surface area contributed by atoms with Gasteiger partial charge in [-0.3, -0.25) is 9.48 Å². The van der Waals surface area contributed by atoms with Crippen molar-refractivity contribution in [2.24, 2.45) is 5.92 Å². The Hall–Kier alpha value is -2.83. The van der Waals surface area contributed by atoms with Gasteiger partial charge in [0, 0.05) is 24.3 Å². The number of carboxylic acids is 1. The van der Waals surface area contributed by atoms with E-state index in [4.69, 9.17) is 9.84 Å². The number of aliphatic carboxylic acids is 1. The Morgan fingerprint density at radius 2 is 2.04 bits per heavy atom. The molecule has 1 aromatic heterocycles. The Morgan fingerprint density at radius 3 is 2.70 bits per heavy atom. The van der Waals surface area contributed by atoms with Crippen molar-refractivity contribution in [2.45, 2.75) is 47.2 Å². The predicted octanol–water partition coefficient (Wildman–Crippen LogP) is 2.48. The van der Waals surface area contributed by atoms with Crippen molar-refractivity contribution in [3.05, 3.63) is 46.8 Å². The summed E-state index contributed by atoms with van der Waals surface area (Å²) in [5.74, 6) is -0.161. The zero-order valence-corrected chi connectivity index (χ0v) is 16.3. The number of nitrogens with one attached hydrogen (secondary N) is 1. The maximum atomic E-state index is 12.4. The van der Waals surface area contributed by atoms with Crippen molar-refractivity contribution in [3.8, 4) is 5.75 Å². The molecule has 1 heterocycles. The fourth-order valence-electron chi connectivity index (χ4n) is 2.83. The number of nitrogens with zero attached hydrogens (tertiary/aromatic N) is 2. The van der Waals surface area contributed by atoms with Crippen molar-refractivity contribution in [1.82, 2.24) is 15.1 Å². The quantitative estimate of drug-likeness (QED) is 0.704. The standard InChI is InChI=1S/C20H27N3O4/c1-13(2)11-23-15(4)18(14(3)22-23)9-19(24)21-10-16-6-5-7-17(8-16)27-12-20(25)26/h5-8,13H,9-12H2,1-4H3,(H,21,24)(H,25,26). The van der Waals surface area contributed by atoms with Gasteiger partial charge in [0.1, 0.15) is 5.75 Å². The number of carbonyl (C=O) groups excluding carboxylic acids is 1. The summed E-state index contributed by atoms with van der Waals surface area (Å²) in [6.45, 7) is 8.98. The Labute approximate surface area is 159 Å². The molecule has 0 unspecified atom stereocenters. The van der Waals surface area contributed by atoms with Crippen LogP contribution in [0.1, 0.15) is 36.4 Å². The average Bonchev–Trinajstić information content (AvgIpc) is 2.85. The highest BCUT2D eigenvalue weighted by molar-refractivity contribution is 5.79. The molecule has 0 fully saturated rings. The Bertz CT molecular complexity index is 812. The lowest BCUT2D eigenvalue weighted by atomic mass is 10.1. The lowest BCUT2D eigenvalue weighted by molar-refractivity contribution is -0.139. The van der Waals surface area contributed by atoms with E-state index in [9.17, 15) is 9.59 Å². The number of rotatable bonds is 9. The summed E-state index contributed by atoms with van der Waals surface area (Å²) in [5.41, 5.74) is 3.72. The van der Waals surface area contributed by atoms with Crippen LogP contribution in [0.4, 0.5) is 0 Å². The van der Waals surface area contributed by atoms with Gasteiger partial charge in [-0.15, -0.1) is 0 Å². The zero-order valence-electron chi connectivity index (χ0n) is 16.3. The second-order valence-corrected chi connectivity index (χ2v) is 7.01. The summed E-state index contributed by atoms with van der Waals surface area (Å²) in [6.07, 6.45) is 0.283. The van der Waals surface area contributed by atoms with Gasteiger partial charge in [-0.25, -0.2) is 4.79 Å². The molecule has 2 aromatic rings. The second-order valence-electron chi connectivity index (χ2n) is 7.01. The third kappa shape index (κ3) is 6.13. The number of benzene rings is 1. The molecule has 0 spiro atoms. The summed E-state index contributed by atoms with van der Waals surface area (Å²) in [5, 5.41) is 16.1. The smallest absolute Gasteiger partial charge is 0.341 e. The summed E-state index contributed by atoms with van der Waals surface area (Å²) in [7, 11) is 0. The molecule has 0 radical (unpaired) electrons. The number of hydrogen-bond acceptors (Lipinski definition) is 4. The number of amides is 1. The minimum absolute atomic E-state index is 0.0813. The van der Waals surface area contributed by atoms with E-state index in [-0.39, 0.29) is 12.3 Å². The molecule has 0 saturated carbocycles. The van der Waals surface area contributed by atoms with Crippen LogP contribution in [0.3, 0.4) is 0 Å². The van der Waals surface area contributed by atoms with Gasteiger partial charge >= 0.3 is 5.97 Å². The lowest BCUT2D eigenvalue weighted by Gasteiger charge is -2.09. The van der Waals surface area contributed by atoms with Gasteiger partial charge in [0.15, 0.2) is 6.61 Å². The minimum atomic E-state index is -1.03. The van der Waals surface area contributed by atoms with E-state index in [1.165, 1.54) is 0 Å². The molecule has 27 heavy (non-hydrogen) atoms. The van der Waals surface area contributed by atoms with Crippen LogP contribution in [0.5, 0.6) is 5.75 Å². The van der Waals surface area contributed by atoms with Crippen LogP contribution in [0.2, 0.25) is 0 Å². The van der Waals surface area contributed by atoms with Crippen molar-refractivity contribution in [3.63, 3.8) is 0 Å². The maximum Gasteiger partial charge on any atom is 0.341 e. The number of carbonyl (C=O) groups is 2. The fourth-order valence-corrected chi connectivity index (χ4v) is 2.83. The molecule has 1 amide bonds. The lowest BCUT2D eigenvalue weighted by Crippen LogP contribution is -2.25. The number of aryl methyl sites for hydroxylation is 1. The summed E-state index contributed by atoms with van der Waals surface area (Å²) < 4.78 is 7.12. The normalized spacial score (nSPS) is 10.9. The van der Waals surface area contributed by atoms with Crippen LogP contribution in [0.25, 0.3) is 0 Å². The molecule has 0 aliphatic carbocycles. The first-order valence-electron chi connectivity index (χ1n) is 8.99. The SMILES string of the molecule is Cc1nn(CC(C)C)c(C)c1CC(=O)NCc1cccc(OCC(=O)O)c1. The van der Waals surface area contributed by atoms with E-state index >= 15 is 0 Å². The van der Waals surface area contributed by atoms with Crippen molar-refractivity contribution < 1.29 is 19.4 Å². The number of hydrogen-bond donors (Lipinski definition) is 2. The topological polar surface area (TPSA) is 93.5 Å². The first-order chi connectivity index (χ1) is 12.8. The Kier molecular flexibility index (Phi) is 6.98. The predicted molar refractivity (Wildman–Crippen MR) is 102 cm³/mol. The van der Waals surface area contributed by atoms with Gasteiger partial charge in [0.2, 0.25) is 5.91 Å². The van der Waals surface area contributed by atoms with Crippen molar-refractivity contribution in [1.29, 1.82) is 0 Å². The van der Waals surface area contributed by atoms with Crippen LogP contribution in [-0.4, -0.2) is 33.4 Å². The maximum absolute atomic E-state index is 12.4. The first-order valence-corrected chi connectivity index (χ1v) is 8.99. The second kappa shape index (κ2) is 9.21. The van der Waals surface area contributed by atoms with Gasteiger partial charge in [-0.1, -0.05) is 26.0 Å². The fraction of sp³-hybridized carbons (Fsp3) is 0.450. The van der Waals surface area contributed by atoms with E-state index < -0.39 is 12.6 Å². The third-order valence-electron chi connectivity index (χ3n) is 4.16. The van der Waals surface area contributed by atoms with Gasteiger partial charge in [-0.2, -0.15) is 5.10 Å². The van der Waals surface area contributed by atoms with E-state index in [0.29, 0.717) is 18.2 Å². The largest absolute Gasteiger partial charge is 0.482 e. The zero-order chi connectivity index (χ0) is 20.0. The van der Waals surface area contributed by atoms with E-state index in [1.807, 2.05) is 24.6 Å². The number of carboxylic acid groups (broad SMARTS) is 1. The van der Waals surface area contributed by atoms with Gasteiger partial charge < -0.3 is 15.2 Å². The first kappa shape index (κ1) is 20.5. The van der Waals surface area contributed by atoms with Gasteiger partial charge in [0.05, 0.1) is 12.1 Å². The van der Waals surface area contributed by atoms with Gasteiger partial charge in [-0.05, 0) is 37.5 Å². The summed E-state index contributed by atoms with van der Waals surface area (Å²) in [4.78, 5) is 22.9. The summed E-state index contributed by atoms with van der Waals surface area (Å²) >= 11 is 0. The third-order valence-corrected chi connectivity index (χ3v) is 4.16. The monoisotopic (exact) mass is 373 g/mol. The van der Waals surface area contributed by atoms with Crippen LogP contribution in [-0.2, 0) is 29.1 Å². The van der Waals surface area contributed by atoms with Crippen molar-refractivity contribution in [2.75, 3.05) is 6.61 Å². The molecule has 146 valence electrons. The Balaban J connectivity index is 1.94. The Morgan fingerprint density at radius 1 is 1.30 bits per heavy atom. The van der Waals surface area contributed by atoms with Crippen LogP contribution < -0.4 is 10.1 Å². The number of aromatic nitrogens is 2. The highest BCUT2D eigenvalue weighted by Gasteiger charge is 2.15. The molecule has 2 N–H and O–H groups in total. The molecule has 0 aliphatic rings. The average molecular weight is 373 g/mol. The summed E-state index contributed by atoms with van der Waals surface area (Å²) in [6, 6.07) is 7.03. The highest BCUT2D eigenvalue weighted by atomic mass is 16.5. The molecule has 0 atom stereocenters. The van der Waals surface area contributed by atoms with Gasteiger partial charge in [0.25, 0.3) is 0 Å². The van der Waals surface area contributed by atoms with E-state index in [2.05, 4.69) is 24.3 Å². The van der Waals surface area contributed by atoms with E-state index in [1.54, 1.807) is 18.2 Å². The molecular formula is C20H27N3O4. The highest BCUT2D eigenvalue weighted by Crippen LogP contribution is 2.16. The van der Waals surface area contributed by atoms with Crippen molar-refractivity contribution >= 4 is 11.9 Å². The molecule has 7 nitrogen and oxygen atoms in total. The number of ether oxygens (including phenoxy) is 1. The van der Waals surface area contributed by atoms with Crippen LogP contribution in [0.15, 0.2) is 24.3 Å². The van der Waals surface area contributed by atoms with Crippen LogP contribution in [0, 0.1) is 19.8 Å². The molecule has 0 aliphatic heterocycles. The molecule has 2 rings (SSSR count). The molecule has 1 aromatic carbocycles. The minimum Gasteiger partial charge on any atom is -0.482 e. The van der Waals surface area contributed by atoms with Crippen LogP contribution >= 0.6 is 0 Å². The van der Waals surface area contributed by atoms with E-state index in [0.717, 1.165) is 29.1 Å². The molecule has 0 bridgehead atoms. The molecular weight excluding hydrogens is 346 g/mol. The molecule has 7 heteroatoms. The molecule has 0 saturated heterocycles.